The number of nitrogens with two attached hydrogens (primary N) is 1. The van der Waals surface area contributed by atoms with Crippen LogP contribution in [-0.4, -0.2) is 28.9 Å². The van der Waals surface area contributed by atoms with Crippen LogP contribution in [0.2, 0.25) is 0 Å². The van der Waals surface area contributed by atoms with Gasteiger partial charge in [0, 0.05) is 24.2 Å². The molecule has 3 heterocycles. The Morgan fingerprint density at radius 3 is 2.83 bits per heavy atom. The summed E-state index contributed by atoms with van der Waals surface area (Å²) in [5.74, 6) is 0.808. The number of nitrogen functional groups attached to an aromatic ring is 1. The summed E-state index contributed by atoms with van der Waals surface area (Å²) < 4.78 is 0. The van der Waals surface area contributed by atoms with Crippen molar-refractivity contribution >= 4 is 33.1 Å². The fraction of sp³-hybridized carbons (Fsp3) is 0.556. The first kappa shape index (κ1) is 14.9. The molecular weight excluding hydrogens is 306 g/mol. The van der Waals surface area contributed by atoms with Gasteiger partial charge in [-0.15, -0.1) is 11.3 Å². The van der Waals surface area contributed by atoms with Gasteiger partial charge in [0.2, 0.25) is 0 Å². The molecule has 1 saturated heterocycles. The second-order valence-corrected chi connectivity index (χ2v) is 7.97. The summed E-state index contributed by atoms with van der Waals surface area (Å²) >= 11 is 1.47. The molecule has 0 unspecified atom stereocenters. The zero-order chi connectivity index (χ0) is 16.0. The van der Waals surface area contributed by atoms with Gasteiger partial charge in [0.15, 0.2) is 0 Å². The van der Waals surface area contributed by atoms with Gasteiger partial charge in [0.25, 0.3) is 5.91 Å². The summed E-state index contributed by atoms with van der Waals surface area (Å²) in [6.45, 7) is 3.94. The van der Waals surface area contributed by atoms with Crippen molar-refractivity contribution in [2.45, 2.75) is 45.4 Å². The third kappa shape index (κ3) is 2.61. The summed E-state index contributed by atoms with van der Waals surface area (Å²) in [6, 6.07) is 2.18. The van der Waals surface area contributed by atoms with Crippen LogP contribution < -0.4 is 5.73 Å². The zero-order valence-electron chi connectivity index (χ0n) is 13.6. The monoisotopic (exact) mass is 329 g/mol. The minimum Gasteiger partial charge on any atom is -0.397 e. The van der Waals surface area contributed by atoms with Crippen LogP contribution in [0, 0.1) is 5.92 Å². The van der Waals surface area contributed by atoms with Crippen molar-refractivity contribution in [3.8, 4) is 0 Å². The molecular formula is C18H23N3OS. The van der Waals surface area contributed by atoms with E-state index < -0.39 is 0 Å². The Hall–Kier alpha value is -1.62. The fourth-order valence-electron chi connectivity index (χ4n) is 3.67. The lowest BCUT2D eigenvalue weighted by Crippen LogP contribution is -2.37. The third-order valence-corrected chi connectivity index (χ3v) is 6.37. The van der Waals surface area contributed by atoms with Crippen LogP contribution in [0.4, 0.5) is 5.69 Å². The molecule has 23 heavy (non-hydrogen) atoms. The van der Waals surface area contributed by atoms with Gasteiger partial charge in [-0.1, -0.05) is 6.92 Å². The first-order valence-electron chi connectivity index (χ1n) is 8.63. The van der Waals surface area contributed by atoms with E-state index in [-0.39, 0.29) is 5.91 Å². The molecule has 0 radical (unpaired) electrons. The van der Waals surface area contributed by atoms with Gasteiger partial charge in [0.05, 0.1) is 5.69 Å². The highest BCUT2D eigenvalue weighted by molar-refractivity contribution is 7.21. The minimum absolute atomic E-state index is 0.0929. The van der Waals surface area contributed by atoms with E-state index in [9.17, 15) is 4.79 Å². The molecule has 1 fully saturated rings. The second kappa shape index (κ2) is 5.78. The SMILES string of the molecule is CC1CCN(C(=O)c2sc3nc4c(cc3c2N)CCCC4)CC1. The van der Waals surface area contributed by atoms with E-state index in [1.807, 2.05) is 4.90 Å². The van der Waals surface area contributed by atoms with Gasteiger partial charge in [-0.25, -0.2) is 4.98 Å². The summed E-state index contributed by atoms with van der Waals surface area (Å²) in [5.41, 5.74) is 9.49. The molecule has 4 rings (SSSR count). The molecule has 1 amide bonds. The Balaban J connectivity index is 1.70. The average Bonchev–Trinajstić information content (AvgIpc) is 2.89. The summed E-state index contributed by atoms with van der Waals surface area (Å²) in [7, 11) is 0. The number of thiophene rings is 1. The number of carbonyl (C=O) groups excluding carboxylic acids is 1. The molecule has 0 spiro atoms. The molecule has 2 aromatic rings. The summed E-state index contributed by atoms with van der Waals surface area (Å²) in [4.78, 5) is 21.2. The van der Waals surface area contributed by atoms with Crippen molar-refractivity contribution in [3.63, 3.8) is 0 Å². The number of likely N-dealkylation sites (tertiary alicyclic amines) is 1. The van der Waals surface area contributed by atoms with Gasteiger partial charge in [-0.05, 0) is 56.1 Å². The number of nitrogens with zero attached hydrogens (tertiary/aromatic N) is 2. The van der Waals surface area contributed by atoms with Crippen molar-refractivity contribution in [3.05, 3.63) is 22.2 Å². The number of piperidine rings is 1. The van der Waals surface area contributed by atoms with E-state index in [1.54, 1.807) is 0 Å². The maximum Gasteiger partial charge on any atom is 0.266 e. The lowest BCUT2D eigenvalue weighted by atomic mass is 9.95. The highest BCUT2D eigenvalue weighted by atomic mass is 32.1. The van der Waals surface area contributed by atoms with Crippen LogP contribution in [0.15, 0.2) is 6.07 Å². The average molecular weight is 329 g/mol. The first-order valence-corrected chi connectivity index (χ1v) is 9.45. The number of amides is 1. The molecule has 0 bridgehead atoms. The number of hydrogen-bond acceptors (Lipinski definition) is 4. The van der Waals surface area contributed by atoms with Crippen LogP contribution in [-0.2, 0) is 12.8 Å². The van der Waals surface area contributed by atoms with E-state index in [0.717, 1.165) is 49.0 Å². The van der Waals surface area contributed by atoms with Gasteiger partial charge >= 0.3 is 0 Å². The van der Waals surface area contributed by atoms with Crippen LogP contribution in [0.5, 0.6) is 0 Å². The van der Waals surface area contributed by atoms with Crippen LogP contribution in [0.25, 0.3) is 10.2 Å². The molecule has 5 heteroatoms. The Kier molecular flexibility index (Phi) is 3.76. The van der Waals surface area contributed by atoms with Gasteiger partial charge in [0.1, 0.15) is 9.71 Å². The van der Waals surface area contributed by atoms with Crippen molar-refractivity contribution in [2.24, 2.45) is 5.92 Å². The summed E-state index contributed by atoms with van der Waals surface area (Å²) in [6.07, 6.45) is 6.75. The molecule has 0 aromatic carbocycles. The highest BCUT2D eigenvalue weighted by Gasteiger charge is 2.26. The van der Waals surface area contributed by atoms with Crippen LogP contribution in [0.1, 0.15) is 53.5 Å². The van der Waals surface area contributed by atoms with Crippen LogP contribution in [0.3, 0.4) is 0 Å². The molecule has 0 saturated carbocycles. The second-order valence-electron chi connectivity index (χ2n) is 6.97. The maximum absolute atomic E-state index is 12.8. The third-order valence-electron chi connectivity index (χ3n) is 5.26. The molecule has 122 valence electrons. The molecule has 2 aromatic heterocycles. The Bertz CT molecular complexity index is 759. The maximum atomic E-state index is 12.8. The summed E-state index contributed by atoms with van der Waals surface area (Å²) in [5, 5.41) is 0.976. The zero-order valence-corrected chi connectivity index (χ0v) is 14.4. The lowest BCUT2D eigenvalue weighted by molar-refractivity contribution is 0.0703. The lowest BCUT2D eigenvalue weighted by Gasteiger charge is -2.30. The Labute approximate surface area is 140 Å². The number of fused-ring (bicyclic) bond motifs is 2. The molecule has 1 aliphatic carbocycles. The van der Waals surface area contributed by atoms with Crippen molar-refractivity contribution in [2.75, 3.05) is 18.8 Å². The predicted molar refractivity (Wildman–Crippen MR) is 95.0 cm³/mol. The van der Waals surface area contributed by atoms with E-state index in [2.05, 4.69) is 13.0 Å². The first-order chi connectivity index (χ1) is 11.1. The van der Waals surface area contributed by atoms with Gasteiger partial charge in [-0.2, -0.15) is 0 Å². The molecule has 2 aliphatic rings. The van der Waals surface area contributed by atoms with E-state index in [4.69, 9.17) is 10.7 Å². The molecule has 0 atom stereocenters. The van der Waals surface area contributed by atoms with Crippen molar-refractivity contribution < 1.29 is 4.79 Å². The van der Waals surface area contributed by atoms with E-state index >= 15 is 0 Å². The Morgan fingerprint density at radius 2 is 2.04 bits per heavy atom. The number of aromatic nitrogens is 1. The standard InChI is InChI=1S/C18H23N3OS/c1-11-6-8-21(9-7-11)18(22)16-15(19)13-10-12-4-2-3-5-14(12)20-17(13)23-16/h10-11H,2-9,19H2,1H3. The smallest absolute Gasteiger partial charge is 0.266 e. The van der Waals surface area contributed by atoms with E-state index in [0.29, 0.717) is 16.5 Å². The number of carbonyl (C=O) groups is 1. The fourth-order valence-corrected chi connectivity index (χ4v) is 4.74. The highest BCUT2D eigenvalue weighted by Crippen LogP contribution is 2.36. The number of anilines is 1. The van der Waals surface area contributed by atoms with Crippen molar-refractivity contribution in [1.82, 2.24) is 9.88 Å². The number of aryl methyl sites for hydroxylation is 2. The quantitative estimate of drug-likeness (QED) is 0.869. The number of pyridine rings is 1. The molecule has 2 N–H and O–H groups in total. The normalized spacial score (nSPS) is 19.1. The van der Waals surface area contributed by atoms with Gasteiger partial charge < -0.3 is 10.6 Å². The largest absolute Gasteiger partial charge is 0.397 e. The van der Waals surface area contributed by atoms with Crippen molar-refractivity contribution in [1.29, 1.82) is 0 Å². The number of rotatable bonds is 1. The van der Waals surface area contributed by atoms with Crippen LogP contribution >= 0.6 is 11.3 Å². The predicted octanol–water partition coefficient (Wildman–Crippen LogP) is 3.63. The Morgan fingerprint density at radius 1 is 1.30 bits per heavy atom. The topological polar surface area (TPSA) is 59.2 Å². The number of hydrogen-bond donors (Lipinski definition) is 1. The molecule has 1 aliphatic heterocycles. The molecule has 4 nitrogen and oxygen atoms in total. The van der Waals surface area contributed by atoms with Gasteiger partial charge in [-0.3, -0.25) is 4.79 Å². The van der Waals surface area contributed by atoms with E-state index in [1.165, 1.54) is 35.4 Å². The minimum atomic E-state index is 0.0929.